The molecule has 0 radical (unpaired) electrons. The molecule has 4 heterocycles. The molecule has 244 valence electrons. The van der Waals surface area contributed by atoms with Crippen LogP contribution in [0.2, 0.25) is 0 Å². The highest BCUT2D eigenvalue weighted by Gasteiger charge is 2.42. The Hall–Kier alpha value is -5.33. The van der Waals surface area contributed by atoms with Crippen molar-refractivity contribution in [3.05, 3.63) is 102 Å². The van der Waals surface area contributed by atoms with Gasteiger partial charge in [0.05, 0.1) is 11.9 Å². The molecule has 4 aromatic rings. The van der Waals surface area contributed by atoms with E-state index < -0.39 is 23.5 Å². The molecule has 47 heavy (non-hydrogen) atoms. The monoisotopic (exact) mass is 645 g/mol. The summed E-state index contributed by atoms with van der Waals surface area (Å²) in [5.74, 6) is -1.07. The third kappa shape index (κ3) is 7.24. The van der Waals surface area contributed by atoms with Gasteiger partial charge in [-0.1, -0.05) is 61.2 Å². The second-order valence-corrected chi connectivity index (χ2v) is 11.4. The number of oxazole rings is 1. The van der Waals surface area contributed by atoms with Crippen molar-refractivity contribution in [1.29, 1.82) is 0 Å². The van der Waals surface area contributed by atoms with Crippen LogP contribution in [0.1, 0.15) is 46.1 Å². The van der Waals surface area contributed by atoms with Gasteiger partial charge in [0.25, 0.3) is 11.9 Å². The number of nitrogens with one attached hydrogen (secondary N) is 2. The van der Waals surface area contributed by atoms with Crippen molar-refractivity contribution in [2.75, 3.05) is 59.7 Å². The number of hydrogen-bond acceptors (Lipinski definition) is 7. The summed E-state index contributed by atoms with van der Waals surface area (Å²) >= 11 is 0. The van der Waals surface area contributed by atoms with Crippen LogP contribution in [-0.2, 0) is 6.18 Å². The first kappa shape index (κ1) is 31.6. The average molecular weight is 646 g/mol. The van der Waals surface area contributed by atoms with Crippen LogP contribution in [0.25, 0.3) is 6.08 Å². The Morgan fingerprint density at radius 1 is 0.872 bits per heavy atom. The maximum atomic E-state index is 13.9. The lowest BCUT2D eigenvalue weighted by Crippen LogP contribution is -2.50. The minimum absolute atomic E-state index is 0.201. The molecule has 3 amide bonds. The number of halogens is 3. The first-order valence-electron chi connectivity index (χ1n) is 15.4. The summed E-state index contributed by atoms with van der Waals surface area (Å²) in [4.78, 5) is 39.3. The predicted octanol–water partition coefficient (Wildman–Crippen LogP) is 6.72. The van der Waals surface area contributed by atoms with Gasteiger partial charge >= 0.3 is 12.2 Å². The number of carbonyl (C=O) groups excluding carboxylic acids is 2. The fourth-order valence-electron chi connectivity index (χ4n) is 5.88. The van der Waals surface area contributed by atoms with Crippen molar-refractivity contribution in [3.63, 3.8) is 0 Å². The molecule has 2 N–H and O–H groups in total. The normalized spacial score (nSPS) is 15.8. The Labute approximate surface area is 269 Å². The molecular weight excluding hydrogens is 611 g/mol. The van der Waals surface area contributed by atoms with E-state index >= 15 is 0 Å². The van der Waals surface area contributed by atoms with E-state index in [0.717, 1.165) is 18.4 Å². The summed E-state index contributed by atoms with van der Waals surface area (Å²) in [6.45, 7) is 6.64. The maximum Gasteiger partial charge on any atom is 0.437 e. The molecule has 2 aliphatic rings. The van der Waals surface area contributed by atoms with E-state index in [4.69, 9.17) is 4.42 Å². The molecule has 0 atom stereocenters. The third-order valence-corrected chi connectivity index (χ3v) is 8.45. The number of benzene rings is 2. The summed E-state index contributed by atoms with van der Waals surface area (Å²) in [6, 6.07) is 20.2. The van der Waals surface area contributed by atoms with Crippen LogP contribution in [0, 0.1) is 0 Å². The zero-order valence-corrected chi connectivity index (χ0v) is 25.5. The van der Waals surface area contributed by atoms with Gasteiger partial charge < -0.3 is 29.8 Å². The van der Waals surface area contributed by atoms with E-state index in [9.17, 15) is 22.8 Å². The predicted molar refractivity (Wildman–Crippen MR) is 174 cm³/mol. The molecular formula is C34H34F3N7O3. The zero-order valence-electron chi connectivity index (χ0n) is 25.5. The largest absolute Gasteiger partial charge is 0.437 e. The number of nitrogens with zero attached hydrogens (tertiary/aromatic N) is 5. The van der Waals surface area contributed by atoms with Gasteiger partial charge in [0, 0.05) is 45.0 Å². The molecule has 2 aliphatic heterocycles. The molecule has 13 heteroatoms. The first-order chi connectivity index (χ1) is 22.7. The zero-order chi connectivity index (χ0) is 33.0. The van der Waals surface area contributed by atoms with Gasteiger partial charge in [-0.3, -0.25) is 4.79 Å². The minimum Gasteiger partial charge on any atom is -0.417 e. The van der Waals surface area contributed by atoms with Crippen LogP contribution in [0.5, 0.6) is 0 Å². The molecule has 0 saturated carbocycles. The number of pyridine rings is 1. The van der Waals surface area contributed by atoms with E-state index in [2.05, 4.69) is 27.2 Å². The number of anilines is 4. The summed E-state index contributed by atoms with van der Waals surface area (Å²) in [6.07, 6.45) is -0.385. The average Bonchev–Trinajstić information content (AvgIpc) is 3.57. The maximum absolute atomic E-state index is 13.9. The van der Waals surface area contributed by atoms with Gasteiger partial charge in [-0.05, 0) is 48.1 Å². The molecule has 2 fully saturated rings. The number of piperazine rings is 1. The summed E-state index contributed by atoms with van der Waals surface area (Å²) in [5, 5.41) is 5.38. The molecule has 2 aromatic carbocycles. The van der Waals surface area contributed by atoms with Crippen LogP contribution < -0.4 is 20.4 Å². The van der Waals surface area contributed by atoms with E-state index in [0.29, 0.717) is 50.8 Å². The molecule has 2 saturated heterocycles. The SMILES string of the molecule is C=Cc1ccccc1NC(=O)N1CCN(c2ccc(NC(=O)c3oc(N4CCC(c5ccccc5)CC4)nc3C(F)(F)F)cn2)CC1. The fourth-order valence-corrected chi connectivity index (χ4v) is 5.88. The number of piperidine rings is 1. The Morgan fingerprint density at radius 2 is 1.57 bits per heavy atom. The lowest BCUT2D eigenvalue weighted by Gasteiger charge is -2.35. The standard InChI is InChI=1S/C34H34F3N7O3/c1-2-23-8-6-7-11-27(23)40-32(46)43-20-18-42(19-21-43)28-13-12-26(22-38-28)39-31(45)29-30(34(35,36)37)41-33(47-29)44-16-14-25(15-17-44)24-9-4-3-5-10-24/h2-13,22,25H,1,14-21H2,(H,39,45)(H,40,46). The van der Waals surface area contributed by atoms with Crippen LogP contribution in [0.4, 0.5) is 41.2 Å². The van der Waals surface area contributed by atoms with Crippen molar-refractivity contribution in [3.8, 4) is 0 Å². The summed E-state index contributed by atoms with van der Waals surface area (Å²) in [7, 11) is 0. The van der Waals surface area contributed by atoms with Gasteiger partial charge in [0.15, 0.2) is 5.69 Å². The molecule has 0 bridgehead atoms. The van der Waals surface area contributed by atoms with E-state index in [1.165, 1.54) is 11.8 Å². The number of amides is 3. The highest BCUT2D eigenvalue weighted by molar-refractivity contribution is 6.03. The van der Waals surface area contributed by atoms with Crippen LogP contribution in [0.3, 0.4) is 0 Å². The lowest BCUT2D eigenvalue weighted by atomic mass is 9.90. The molecule has 0 aliphatic carbocycles. The van der Waals surface area contributed by atoms with Gasteiger partial charge in [-0.15, -0.1) is 0 Å². The number of alkyl halides is 3. The Balaban J connectivity index is 1.05. The second kappa shape index (κ2) is 13.6. The Bertz CT molecular complexity index is 1710. The first-order valence-corrected chi connectivity index (χ1v) is 15.4. The minimum atomic E-state index is -4.88. The molecule has 2 aromatic heterocycles. The molecule has 0 spiro atoms. The highest BCUT2D eigenvalue weighted by Crippen LogP contribution is 2.36. The number of urea groups is 1. The van der Waals surface area contributed by atoms with Crippen LogP contribution >= 0.6 is 0 Å². The molecule has 10 nitrogen and oxygen atoms in total. The molecule has 0 unspecified atom stereocenters. The quantitative estimate of drug-likeness (QED) is 0.230. The smallest absolute Gasteiger partial charge is 0.417 e. The van der Waals surface area contributed by atoms with E-state index in [-0.39, 0.29) is 23.7 Å². The van der Waals surface area contributed by atoms with Gasteiger partial charge in [0.1, 0.15) is 5.82 Å². The van der Waals surface area contributed by atoms with E-state index in [1.807, 2.05) is 59.5 Å². The van der Waals surface area contributed by atoms with Crippen molar-refractivity contribution < 1.29 is 27.2 Å². The number of para-hydroxylation sites is 1. The summed E-state index contributed by atoms with van der Waals surface area (Å²) in [5.41, 5.74) is 1.53. The topological polar surface area (TPSA) is 107 Å². The van der Waals surface area contributed by atoms with E-state index in [1.54, 1.807) is 28.0 Å². The summed E-state index contributed by atoms with van der Waals surface area (Å²) < 4.78 is 47.2. The van der Waals surface area contributed by atoms with Gasteiger partial charge in [0.2, 0.25) is 5.76 Å². The van der Waals surface area contributed by atoms with Crippen molar-refractivity contribution in [1.82, 2.24) is 14.9 Å². The Morgan fingerprint density at radius 3 is 2.23 bits per heavy atom. The van der Waals surface area contributed by atoms with Crippen LogP contribution in [0.15, 0.2) is 83.9 Å². The second-order valence-electron chi connectivity index (χ2n) is 11.4. The van der Waals surface area contributed by atoms with Gasteiger partial charge in [-0.2, -0.15) is 18.2 Å². The number of carbonyl (C=O) groups is 2. The fraction of sp³-hybridized carbons (Fsp3) is 0.294. The number of rotatable bonds is 7. The molecule has 6 rings (SSSR count). The Kier molecular flexibility index (Phi) is 9.14. The van der Waals surface area contributed by atoms with Gasteiger partial charge in [-0.25, -0.2) is 9.78 Å². The number of hydrogen-bond donors (Lipinski definition) is 2. The van der Waals surface area contributed by atoms with Crippen LogP contribution in [-0.4, -0.2) is 66.1 Å². The van der Waals surface area contributed by atoms with Crippen molar-refractivity contribution in [2.24, 2.45) is 0 Å². The lowest BCUT2D eigenvalue weighted by molar-refractivity contribution is -0.141. The highest BCUT2D eigenvalue weighted by atomic mass is 19.4. The third-order valence-electron chi connectivity index (χ3n) is 8.45. The van der Waals surface area contributed by atoms with Crippen molar-refractivity contribution >= 4 is 41.2 Å². The number of aromatic nitrogens is 2. The van der Waals surface area contributed by atoms with Crippen molar-refractivity contribution in [2.45, 2.75) is 24.9 Å².